The van der Waals surface area contributed by atoms with Crippen molar-refractivity contribution < 1.29 is 26.3 Å². The number of halogens is 3. The lowest BCUT2D eigenvalue weighted by Crippen LogP contribution is -2.41. The van der Waals surface area contributed by atoms with E-state index >= 15 is 0 Å². The average Bonchev–Trinajstić information content (AvgIpc) is 2.90. The number of anilines is 1. The summed E-state index contributed by atoms with van der Waals surface area (Å²) in [5, 5.41) is 0. The lowest BCUT2D eigenvalue weighted by Gasteiger charge is -2.32. The highest BCUT2D eigenvalue weighted by molar-refractivity contribution is 7.91. The monoisotopic (exact) mass is 322 g/mol. The molecule has 3 heterocycles. The summed E-state index contributed by atoms with van der Waals surface area (Å²) in [6.45, 7) is 0.813. The number of pyridine rings is 1. The first kappa shape index (κ1) is 14.6. The van der Waals surface area contributed by atoms with Crippen molar-refractivity contribution in [1.29, 1.82) is 0 Å². The standard InChI is InChI=1S/C12H13F3N2O3S/c13-8-10-9(12(15)16-11(8)14)17(3-5-21(10,18)19)6-7-2-1-4-20-7/h7H,1-6H2/t7-/m1/s1. The Kier molecular flexibility index (Phi) is 3.56. The van der Waals surface area contributed by atoms with Crippen LogP contribution in [0.25, 0.3) is 0 Å². The van der Waals surface area contributed by atoms with E-state index in [1.54, 1.807) is 0 Å². The number of rotatable bonds is 2. The second kappa shape index (κ2) is 5.13. The average molecular weight is 322 g/mol. The van der Waals surface area contributed by atoms with Gasteiger partial charge in [0.2, 0.25) is 5.95 Å². The molecule has 0 radical (unpaired) electrons. The lowest BCUT2D eigenvalue weighted by molar-refractivity contribution is 0.115. The minimum Gasteiger partial charge on any atom is -0.376 e. The molecule has 2 aliphatic heterocycles. The van der Waals surface area contributed by atoms with Crippen LogP contribution >= 0.6 is 0 Å². The molecule has 0 bridgehead atoms. The van der Waals surface area contributed by atoms with E-state index in [-0.39, 0.29) is 19.2 Å². The van der Waals surface area contributed by atoms with Gasteiger partial charge in [0, 0.05) is 19.7 Å². The number of aromatic nitrogens is 1. The zero-order chi connectivity index (χ0) is 15.2. The minimum absolute atomic E-state index is 0.00113. The van der Waals surface area contributed by atoms with E-state index < -0.39 is 43.9 Å². The molecule has 0 unspecified atom stereocenters. The third-order valence-corrected chi connectivity index (χ3v) is 5.41. The number of fused-ring (bicyclic) bond motifs is 1. The van der Waals surface area contributed by atoms with Gasteiger partial charge in [-0.15, -0.1) is 0 Å². The number of nitrogens with zero attached hydrogens (tertiary/aromatic N) is 2. The highest BCUT2D eigenvalue weighted by Gasteiger charge is 2.38. The molecule has 1 aromatic heterocycles. The van der Waals surface area contributed by atoms with E-state index in [2.05, 4.69) is 4.98 Å². The van der Waals surface area contributed by atoms with Crippen molar-refractivity contribution in [3.05, 3.63) is 17.7 Å². The van der Waals surface area contributed by atoms with Crippen molar-refractivity contribution in [3.8, 4) is 0 Å². The molecule has 0 N–H and O–H groups in total. The first-order chi connectivity index (χ1) is 9.90. The molecular weight excluding hydrogens is 309 g/mol. The van der Waals surface area contributed by atoms with Gasteiger partial charge in [0.15, 0.2) is 15.7 Å². The summed E-state index contributed by atoms with van der Waals surface area (Å²) in [7, 11) is -4.06. The zero-order valence-corrected chi connectivity index (χ0v) is 11.8. The van der Waals surface area contributed by atoms with Gasteiger partial charge in [-0.3, -0.25) is 0 Å². The second-order valence-corrected chi connectivity index (χ2v) is 7.13. The van der Waals surface area contributed by atoms with Crippen LogP contribution in [0.15, 0.2) is 4.90 Å². The molecule has 0 saturated carbocycles. The predicted molar refractivity (Wildman–Crippen MR) is 67.4 cm³/mol. The predicted octanol–water partition coefficient (Wildman–Crippen LogP) is 1.27. The molecular formula is C12H13F3N2O3S. The van der Waals surface area contributed by atoms with Crippen LogP contribution in [0.2, 0.25) is 0 Å². The smallest absolute Gasteiger partial charge is 0.253 e. The minimum atomic E-state index is -4.06. The van der Waals surface area contributed by atoms with Gasteiger partial charge in [-0.05, 0) is 12.8 Å². The number of ether oxygens (including phenoxy) is 1. The Hall–Kier alpha value is -1.35. The van der Waals surface area contributed by atoms with Crippen LogP contribution in [-0.2, 0) is 14.6 Å². The summed E-state index contributed by atoms with van der Waals surface area (Å²) in [4.78, 5) is 3.26. The zero-order valence-electron chi connectivity index (χ0n) is 11.0. The fourth-order valence-corrected chi connectivity index (χ4v) is 4.23. The lowest BCUT2D eigenvalue weighted by atomic mass is 10.2. The van der Waals surface area contributed by atoms with Gasteiger partial charge < -0.3 is 9.64 Å². The molecule has 0 amide bonds. The quantitative estimate of drug-likeness (QED) is 0.768. The van der Waals surface area contributed by atoms with Crippen molar-refractivity contribution in [2.24, 2.45) is 0 Å². The van der Waals surface area contributed by atoms with E-state index in [1.807, 2.05) is 0 Å². The van der Waals surface area contributed by atoms with E-state index in [4.69, 9.17) is 4.74 Å². The number of hydrogen-bond acceptors (Lipinski definition) is 5. The number of sulfone groups is 1. The summed E-state index contributed by atoms with van der Waals surface area (Å²) >= 11 is 0. The highest BCUT2D eigenvalue weighted by atomic mass is 32.2. The van der Waals surface area contributed by atoms with Gasteiger partial charge in [-0.1, -0.05) is 0 Å². The molecule has 1 atom stereocenters. The van der Waals surface area contributed by atoms with Crippen molar-refractivity contribution in [1.82, 2.24) is 4.98 Å². The van der Waals surface area contributed by atoms with E-state index in [1.165, 1.54) is 4.90 Å². The molecule has 116 valence electrons. The Labute approximate surface area is 119 Å². The number of hydrogen-bond donors (Lipinski definition) is 0. The van der Waals surface area contributed by atoms with Gasteiger partial charge in [-0.25, -0.2) is 12.8 Å². The van der Waals surface area contributed by atoms with E-state index in [0.717, 1.165) is 12.8 Å². The fourth-order valence-electron chi connectivity index (χ4n) is 2.70. The maximum Gasteiger partial charge on any atom is 0.253 e. The first-order valence-corrected chi connectivity index (χ1v) is 8.19. The Bertz CT molecular complexity index is 675. The topological polar surface area (TPSA) is 59.5 Å². The van der Waals surface area contributed by atoms with Crippen LogP contribution in [-0.4, -0.2) is 45.0 Å². The van der Waals surface area contributed by atoms with Gasteiger partial charge in [0.1, 0.15) is 10.6 Å². The molecule has 2 aliphatic rings. The third kappa shape index (κ3) is 2.48. The van der Waals surface area contributed by atoms with Crippen LogP contribution in [0.5, 0.6) is 0 Å². The molecule has 0 spiro atoms. The van der Waals surface area contributed by atoms with Gasteiger partial charge >= 0.3 is 0 Å². The SMILES string of the molecule is O=S1(=O)CCN(C[C@H]2CCCO2)c2c(F)nc(F)c(F)c21. The Morgan fingerprint density at radius 2 is 2.05 bits per heavy atom. The van der Waals surface area contributed by atoms with Gasteiger partial charge in [0.05, 0.1) is 11.9 Å². The maximum absolute atomic E-state index is 13.9. The summed E-state index contributed by atoms with van der Waals surface area (Å²) in [6, 6.07) is 0. The van der Waals surface area contributed by atoms with Gasteiger partial charge in [0.25, 0.3) is 5.95 Å². The van der Waals surface area contributed by atoms with Crippen molar-refractivity contribution in [3.63, 3.8) is 0 Å². The van der Waals surface area contributed by atoms with Crippen LogP contribution in [0.4, 0.5) is 18.9 Å². The maximum atomic E-state index is 13.9. The van der Waals surface area contributed by atoms with Crippen molar-refractivity contribution in [2.75, 3.05) is 30.3 Å². The van der Waals surface area contributed by atoms with Crippen LogP contribution < -0.4 is 4.90 Å². The van der Waals surface area contributed by atoms with Crippen LogP contribution in [0.3, 0.4) is 0 Å². The Balaban J connectivity index is 2.07. The Morgan fingerprint density at radius 3 is 2.71 bits per heavy atom. The molecule has 9 heteroatoms. The van der Waals surface area contributed by atoms with Crippen molar-refractivity contribution >= 4 is 15.5 Å². The molecule has 1 aromatic rings. The van der Waals surface area contributed by atoms with E-state index in [9.17, 15) is 21.6 Å². The van der Waals surface area contributed by atoms with Gasteiger partial charge in [-0.2, -0.15) is 13.8 Å². The normalized spacial score (nSPS) is 24.1. The Morgan fingerprint density at radius 1 is 1.29 bits per heavy atom. The third-order valence-electron chi connectivity index (χ3n) is 3.69. The molecule has 5 nitrogen and oxygen atoms in total. The van der Waals surface area contributed by atoms with Crippen LogP contribution in [0.1, 0.15) is 12.8 Å². The summed E-state index contributed by atoms with van der Waals surface area (Å²) in [5.41, 5.74) is -0.490. The first-order valence-electron chi connectivity index (χ1n) is 6.54. The molecule has 0 aromatic carbocycles. The van der Waals surface area contributed by atoms with Crippen LogP contribution in [0, 0.1) is 17.7 Å². The molecule has 1 fully saturated rings. The fraction of sp³-hybridized carbons (Fsp3) is 0.583. The van der Waals surface area contributed by atoms with E-state index in [0.29, 0.717) is 6.61 Å². The molecule has 1 saturated heterocycles. The second-order valence-electron chi connectivity index (χ2n) is 5.09. The highest BCUT2D eigenvalue weighted by Crippen LogP contribution is 2.35. The molecule has 0 aliphatic carbocycles. The molecule has 21 heavy (non-hydrogen) atoms. The summed E-state index contributed by atoms with van der Waals surface area (Å²) < 4.78 is 70.2. The summed E-state index contributed by atoms with van der Waals surface area (Å²) in [5.74, 6) is -5.07. The summed E-state index contributed by atoms with van der Waals surface area (Å²) in [6.07, 6.45) is 1.45. The largest absolute Gasteiger partial charge is 0.376 e. The molecule has 3 rings (SSSR count). The van der Waals surface area contributed by atoms with Crippen molar-refractivity contribution in [2.45, 2.75) is 23.8 Å².